The zero-order valence-corrected chi connectivity index (χ0v) is 12.1. The van der Waals surface area contributed by atoms with Gasteiger partial charge in [0.25, 0.3) is 0 Å². The van der Waals surface area contributed by atoms with E-state index in [0.29, 0.717) is 18.3 Å². The van der Waals surface area contributed by atoms with Crippen molar-refractivity contribution in [2.75, 3.05) is 6.54 Å². The van der Waals surface area contributed by atoms with E-state index in [-0.39, 0.29) is 5.91 Å². The maximum atomic E-state index is 11.5. The lowest BCUT2D eigenvalue weighted by Crippen LogP contribution is -2.25. The van der Waals surface area contributed by atoms with Crippen molar-refractivity contribution in [2.24, 2.45) is 5.92 Å². The van der Waals surface area contributed by atoms with E-state index in [4.69, 9.17) is 0 Å². The maximum Gasteiger partial charge on any atom is 0.219 e. The molecule has 0 aliphatic heterocycles. The van der Waals surface area contributed by atoms with Crippen molar-refractivity contribution in [3.8, 4) is 0 Å². The summed E-state index contributed by atoms with van der Waals surface area (Å²) in [4.78, 5) is 11.5. The Morgan fingerprint density at radius 1 is 1.55 bits per heavy atom. The lowest BCUT2D eigenvalue weighted by atomic mass is 10.1. The predicted molar refractivity (Wildman–Crippen MR) is 78.7 cm³/mol. The fraction of sp³-hybridized carbons (Fsp3) is 0.500. The van der Waals surface area contributed by atoms with E-state index >= 15 is 0 Å². The van der Waals surface area contributed by atoms with Crippen LogP contribution in [-0.4, -0.2) is 22.1 Å². The molecule has 1 amide bonds. The Labute approximate surface area is 119 Å². The number of nitrogens with zero attached hydrogens (tertiary/aromatic N) is 2. The molecule has 2 heterocycles. The third-order valence-electron chi connectivity index (χ3n) is 4.02. The number of hydrogen-bond acceptors (Lipinski definition) is 2. The Balaban J connectivity index is 1.67. The first-order valence-corrected chi connectivity index (χ1v) is 7.40. The molecule has 1 aliphatic carbocycles. The highest BCUT2D eigenvalue weighted by Gasteiger charge is 2.39. The molecule has 0 spiro atoms. The molecule has 0 aromatic carbocycles. The summed E-state index contributed by atoms with van der Waals surface area (Å²) in [7, 11) is 0. The summed E-state index contributed by atoms with van der Waals surface area (Å²) in [6.45, 7) is 4.85. The molecular weight excluding hydrogens is 250 g/mol. The van der Waals surface area contributed by atoms with Gasteiger partial charge >= 0.3 is 0 Å². The van der Waals surface area contributed by atoms with Crippen LogP contribution < -0.4 is 5.32 Å². The average Bonchev–Trinajstić information content (AvgIpc) is 3.08. The third kappa shape index (κ3) is 2.55. The minimum absolute atomic E-state index is 0.177. The second-order valence-electron chi connectivity index (χ2n) is 5.74. The van der Waals surface area contributed by atoms with Crippen LogP contribution in [-0.2, 0) is 4.79 Å². The molecule has 2 aromatic heterocycles. The van der Waals surface area contributed by atoms with Gasteiger partial charge in [0.05, 0.1) is 11.2 Å². The van der Waals surface area contributed by atoms with Gasteiger partial charge in [-0.05, 0) is 49.3 Å². The van der Waals surface area contributed by atoms with Crippen molar-refractivity contribution in [2.45, 2.75) is 39.0 Å². The van der Waals surface area contributed by atoms with Gasteiger partial charge in [0.2, 0.25) is 5.91 Å². The zero-order valence-electron chi connectivity index (χ0n) is 12.1. The molecule has 106 valence electrons. The number of fused-ring (bicyclic) bond motifs is 1. The van der Waals surface area contributed by atoms with Crippen molar-refractivity contribution in [1.29, 1.82) is 0 Å². The molecule has 2 atom stereocenters. The Bertz CT molecular complexity index is 632. The molecule has 1 saturated carbocycles. The van der Waals surface area contributed by atoms with E-state index < -0.39 is 0 Å². The highest BCUT2D eigenvalue weighted by atomic mass is 16.1. The number of aryl methyl sites for hydroxylation is 1. The van der Waals surface area contributed by atoms with E-state index in [1.165, 1.54) is 11.1 Å². The number of carbonyl (C=O) groups excluding carboxylic acids is 1. The first-order chi connectivity index (χ1) is 9.69. The molecule has 0 bridgehead atoms. The maximum absolute atomic E-state index is 11.5. The van der Waals surface area contributed by atoms with Gasteiger partial charge in [0.1, 0.15) is 0 Å². The molecule has 20 heavy (non-hydrogen) atoms. The quantitative estimate of drug-likeness (QED) is 0.908. The van der Waals surface area contributed by atoms with E-state index in [1.807, 2.05) is 24.6 Å². The Morgan fingerprint density at radius 2 is 2.40 bits per heavy atom. The molecular formula is C16H21N3O. The number of aromatic nitrogens is 2. The number of pyridine rings is 1. The third-order valence-corrected chi connectivity index (χ3v) is 4.02. The van der Waals surface area contributed by atoms with Crippen molar-refractivity contribution >= 4 is 11.4 Å². The van der Waals surface area contributed by atoms with E-state index in [2.05, 4.69) is 28.6 Å². The lowest BCUT2D eigenvalue weighted by molar-refractivity contribution is -0.121. The molecule has 0 saturated heterocycles. The van der Waals surface area contributed by atoms with Gasteiger partial charge in [-0.25, -0.2) is 4.52 Å². The number of carbonyl (C=O) groups is 1. The summed E-state index contributed by atoms with van der Waals surface area (Å²) < 4.78 is 1.95. The summed E-state index contributed by atoms with van der Waals surface area (Å²) in [5, 5.41) is 7.49. The van der Waals surface area contributed by atoms with Crippen LogP contribution >= 0.6 is 0 Å². The second-order valence-corrected chi connectivity index (χ2v) is 5.74. The van der Waals surface area contributed by atoms with Gasteiger partial charge in [0, 0.05) is 19.2 Å². The van der Waals surface area contributed by atoms with Gasteiger partial charge in [-0.3, -0.25) is 4.79 Å². The summed E-state index contributed by atoms with van der Waals surface area (Å²) in [5.41, 5.74) is 3.62. The molecule has 3 rings (SSSR count). The van der Waals surface area contributed by atoms with Crippen LogP contribution in [0.1, 0.15) is 43.4 Å². The van der Waals surface area contributed by atoms with Crippen LogP contribution in [0.15, 0.2) is 24.4 Å². The van der Waals surface area contributed by atoms with Crippen LogP contribution in [0.2, 0.25) is 0 Å². The smallest absolute Gasteiger partial charge is 0.219 e. The number of rotatable bonds is 5. The van der Waals surface area contributed by atoms with Gasteiger partial charge in [0.15, 0.2) is 0 Å². The van der Waals surface area contributed by atoms with Crippen LogP contribution in [0.5, 0.6) is 0 Å². The van der Waals surface area contributed by atoms with Gasteiger partial charge in [-0.15, -0.1) is 0 Å². The minimum atomic E-state index is 0.177. The molecule has 1 aliphatic rings. The van der Waals surface area contributed by atoms with Crippen LogP contribution in [0.4, 0.5) is 0 Å². The van der Waals surface area contributed by atoms with E-state index in [9.17, 15) is 4.79 Å². The van der Waals surface area contributed by atoms with Gasteiger partial charge < -0.3 is 5.32 Å². The number of nitrogens with one attached hydrogen (secondary N) is 1. The van der Waals surface area contributed by atoms with Crippen molar-refractivity contribution in [3.63, 3.8) is 0 Å². The number of amides is 1. The summed E-state index contributed by atoms with van der Waals surface area (Å²) >= 11 is 0. The van der Waals surface area contributed by atoms with Gasteiger partial charge in [-0.2, -0.15) is 5.10 Å². The molecule has 4 nitrogen and oxygen atoms in total. The fourth-order valence-corrected chi connectivity index (χ4v) is 2.89. The second kappa shape index (κ2) is 5.27. The first kappa shape index (κ1) is 13.2. The SMILES string of the molecule is CCCC(=O)NC[C@@H]1C[C@H]1c1cccn2nc(C)cc12. The number of hydrogen-bond donors (Lipinski definition) is 1. The van der Waals surface area contributed by atoms with Crippen LogP contribution in [0, 0.1) is 12.8 Å². The van der Waals surface area contributed by atoms with E-state index in [1.54, 1.807) is 0 Å². The summed E-state index contributed by atoms with van der Waals surface area (Å²) in [6, 6.07) is 6.38. The van der Waals surface area contributed by atoms with Crippen LogP contribution in [0.3, 0.4) is 0 Å². The zero-order chi connectivity index (χ0) is 14.1. The highest BCUT2D eigenvalue weighted by Crippen LogP contribution is 2.48. The molecule has 0 radical (unpaired) electrons. The fourth-order valence-electron chi connectivity index (χ4n) is 2.89. The monoisotopic (exact) mass is 271 g/mol. The van der Waals surface area contributed by atoms with Crippen LogP contribution in [0.25, 0.3) is 5.52 Å². The lowest BCUT2D eigenvalue weighted by Gasteiger charge is -2.05. The predicted octanol–water partition coefficient (Wildman–Crippen LogP) is 2.66. The molecule has 1 N–H and O–H groups in total. The van der Waals surface area contributed by atoms with Gasteiger partial charge in [-0.1, -0.05) is 13.0 Å². The molecule has 0 unspecified atom stereocenters. The van der Waals surface area contributed by atoms with Crippen molar-refractivity contribution in [1.82, 2.24) is 14.9 Å². The Morgan fingerprint density at radius 3 is 3.20 bits per heavy atom. The standard InChI is InChI=1S/C16H21N3O/c1-3-5-16(20)17-10-12-9-14(12)13-6-4-7-19-15(13)8-11(2)18-19/h4,6-8,12,14H,3,5,9-10H2,1-2H3,(H,17,20)/t12-,14+/m0/s1. The minimum Gasteiger partial charge on any atom is -0.356 e. The molecule has 4 heteroatoms. The summed E-state index contributed by atoms with van der Waals surface area (Å²) in [5.74, 6) is 1.32. The topological polar surface area (TPSA) is 46.4 Å². The average molecular weight is 271 g/mol. The largest absolute Gasteiger partial charge is 0.356 e. The first-order valence-electron chi connectivity index (χ1n) is 7.40. The summed E-state index contributed by atoms with van der Waals surface area (Å²) in [6.07, 6.45) is 4.70. The normalized spacial score (nSPS) is 21.1. The van der Waals surface area contributed by atoms with Crippen molar-refractivity contribution < 1.29 is 4.79 Å². The molecule has 2 aromatic rings. The Kier molecular flexibility index (Phi) is 3.47. The molecule has 1 fully saturated rings. The Hall–Kier alpha value is -1.84. The van der Waals surface area contributed by atoms with E-state index in [0.717, 1.165) is 25.1 Å². The highest BCUT2D eigenvalue weighted by molar-refractivity contribution is 5.75. The van der Waals surface area contributed by atoms with Crippen molar-refractivity contribution in [3.05, 3.63) is 35.7 Å².